The van der Waals surface area contributed by atoms with Crippen LogP contribution in [0.25, 0.3) is 0 Å². The Morgan fingerprint density at radius 1 is 0.750 bits per heavy atom. The summed E-state index contributed by atoms with van der Waals surface area (Å²) in [6.07, 6.45) is 0. The highest BCUT2D eigenvalue weighted by molar-refractivity contribution is 5.76. The normalized spacial score (nSPS) is 0. The molecule has 0 rings (SSSR count). The van der Waals surface area contributed by atoms with Crippen LogP contribution in [-0.2, 0) is 0 Å². The van der Waals surface area contributed by atoms with Crippen molar-refractivity contribution < 1.29 is 9.41 Å². The van der Waals surface area contributed by atoms with Gasteiger partial charge in [-0.05, 0) is 0 Å². The van der Waals surface area contributed by atoms with Crippen molar-refractivity contribution in [1.29, 1.82) is 0 Å². The predicted octanol–water partition coefficient (Wildman–Crippen LogP) is -1.80. The quantitative estimate of drug-likeness (QED) is 0.312. The van der Waals surface area contributed by atoms with E-state index in [9.17, 15) is 0 Å². The molecule has 0 amide bonds. The molecule has 0 unspecified atom stereocenters. The largest absolute Gasteiger partial charge is 0.316 e. The van der Waals surface area contributed by atoms with Gasteiger partial charge in [0.15, 0.2) is 17.4 Å². The second-order valence-electron chi connectivity index (χ2n) is 0. The second kappa shape index (κ2) is 30.9. The first-order valence-corrected chi connectivity index (χ1v) is 0. The van der Waals surface area contributed by atoms with Crippen LogP contribution in [0.4, 0.5) is 9.41 Å². The molecule has 0 aromatic rings. The van der Waals surface area contributed by atoms with Crippen molar-refractivity contribution >= 4 is 40.4 Å². The van der Waals surface area contributed by atoms with Crippen molar-refractivity contribution in [1.82, 2.24) is 0 Å². The molecule has 4 heteroatoms. The third kappa shape index (κ3) is 11.0. The molecule has 0 aliphatic heterocycles. The van der Waals surface area contributed by atoms with E-state index in [-0.39, 0.29) is 49.8 Å². The van der Waals surface area contributed by atoms with Crippen molar-refractivity contribution in [3.05, 3.63) is 0 Å². The Bertz CT molecular complexity index is 6.00. The molecule has 0 aromatic heterocycles. The average Bonchev–Trinajstić information content (AvgIpc) is 0. The SMILES string of the molecule is F.F.[AlH3].[MgH2]. The number of rotatable bonds is 0. The van der Waals surface area contributed by atoms with E-state index in [1.165, 1.54) is 0 Å². The highest BCUT2D eigenvalue weighted by Gasteiger charge is 0.316. The molecule has 0 saturated carbocycles. The predicted molar refractivity (Wildman–Crippen MR) is 23.5 cm³/mol. The Balaban J connectivity index is 0. The summed E-state index contributed by atoms with van der Waals surface area (Å²) in [4.78, 5) is 0. The van der Waals surface area contributed by atoms with Gasteiger partial charge in [0.25, 0.3) is 0 Å². The van der Waals surface area contributed by atoms with Crippen LogP contribution in [0.5, 0.6) is 0 Å². The minimum absolute atomic E-state index is 0. The fraction of sp³-hybridized carbons (Fsp3) is 0. The summed E-state index contributed by atoms with van der Waals surface area (Å²) in [7, 11) is 0. The van der Waals surface area contributed by atoms with Gasteiger partial charge >= 0.3 is 23.1 Å². The Morgan fingerprint density at radius 2 is 0.750 bits per heavy atom. The van der Waals surface area contributed by atoms with Gasteiger partial charge in [0.1, 0.15) is 0 Å². The summed E-state index contributed by atoms with van der Waals surface area (Å²) >= 11 is 0. The van der Waals surface area contributed by atoms with Crippen molar-refractivity contribution in [2.75, 3.05) is 0 Å². The van der Waals surface area contributed by atoms with Crippen LogP contribution in [0.15, 0.2) is 0 Å². The highest BCUT2D eigenvalue weighted by Crippen LogP contribution is 0.421. The zero-order chi connectivity index (χ0) is 0. The lowest BCUT2D eigenvalue weighted by atomic mass is 19.0. The molecule has 0 bridgehead atoms. The van der Waals surface area contributed by atoms with Gasteiger partial charge in [-0.1, -0.05) is 0 Å². The molecule has 0 aliphatic rings. The number of hydrogen-bond donors (Lipinski definition) is 0. The van der Waals surface area contributed by atoms with Crippen molar-refractivity contribution in [3.8, 4) is 0 Å². The maximum Gasteiger partial charge on any atom is 0.316 e. The van der Waals surface area contributed by atoms with E-state index in [1.54, 1.807) is 0 Å². The van der Waals surface area contributed by atoms with Crippen molar-refractivity contribution in [2.24, 2.45) is 0 Å². The van der Waals surface area contributed by atoms with Gasteiger partial charge in [0, 0.05) is 0 Å². The lowest BCUT2D eigenvalue weighted by Gasteiger charge is -0.270. The maximum atomic E-state index is 0. The topological polar surface area (TPSA) is 0 Å². The standard InChI is InChI=1S/Al.2FH.Mg.5H/h;2*1H;;;;;;. The van der Waals surface area contributed by atoms with E-state index in [0.717, 1.165) is 0 Å². The summed E-state index contributed by atoms with van der Waals surface area (Å²) in [6.45, 7) is 0. The van der Waals surface area contributed by atoms with Crippen molar-refractivity contribution in [2.45, 2.75) is 0 Å². The van der Waals surface area contributed by atoms with Gasteiger partial charge in [0.05, 0.1) is 0 Å². The summed E-state index contributed by atoms with van der Waals surface area (Å²) in [5.41, 5.74) is 0. The maximum absolute atomic E-state index is 0. The first-order chi connectivity index (χ1) is 0. The van der Waals surface area contributed by atoms with Gasteiger partial charge < -0.3 is 0 Å². The van der Waals surface area contributed by atoms with Crippen LogP contribution in [0.1, 0.15) is 0 Å². The van der Waals surface area contributed by atoms with Crippen LogP contribution in [0.2, 0.25) is 0 Å². The molecule has 0 radical (unpaired) electrons. The van der Waals surface area contributed by atoms with Gasteiger partial charge in [-0.15, -0.1) is 0 Å². The molecule has 0 N–H and O–H groups in total. The summed E-state index contributed by atoms with van der Waals surface area (Å²) in [6, 6.07) is 0. The van der Waals surface area contributed by atoms with E-state index >= 15 is 0 Å². The molecule has 0 saturated heterocycles. The van der Waals surface area contributed by atoms with Crippen molar-refractivity contribution in [3.63, 3.8) is 0 Å². The molecule has 26 valence electrons. The Hall–Kier alpha value is 1.16. The monoisotopic (exact) mass is 96.0 g/mol. The molecule has 0 fully saturated rings. The molecular formula is H7AlF2Mg. The smallest absolute Gasteiger partial charge is 0.269 e. The van der Waals surface area contributed by atoms with E-state index in [4.69, 9.17) is 0 Å². The molecule has 0 aliphatic carbocycles. The van der Waals surface area contributed by atoms with Crippen LogP contribution >= 0.6 is 0 Å². The summed E-state index contributed by atoms with van der Waals surface area (Å²) < 4.78 is 0. The number of halogens is 2. The lowest BCUT2D eigenvalue weighted by molar-refractivity contribution is 1.11. The molecule has 0 atom stereocenters. The fourth-order valence-electron chi connectivity index (χ4n) is 0. The average molecular weight is 96.3 g/mol. The third-order valence-electron chi connectivity index (χ3n) is 0. The first kappa shape index (κ1) is 66.5. The van der Waals surface area contributed by atoms with Gasteiger partial charge in [-0.3, -0.25) is 9.41 Å². The van der Waals surface area contributed by atoms with Gasteiger partial charge in [-0.25, -0.2) is 0 Å². The molecule has 0 heterocycles. The summed E-state index contributed by atoms with van der Waals surface area (Å²) in [5.74, 6) is 0. The minimum Gasteiger partial charge on any atom is -0.269 e. The fourth-order valence-corrected chi connectivity index (χ4v) is 0. The zero-order valence-electron chi connectivity index (χ0n) is 0.816. The summed E-state index contributed by atoms with van der Waals surface area (Å²) in [5, 5.41) is 0. The van der Waals surface area contributed by atoms with Crippen LogP contribution in [0.3, 0.4) is 0 Å². The van der Waals surface area contributed by atoms with Crippen LogP contribution in [-0.4, -0.2) is 40.4 Å². The second-order valence-corrected chi connectivity index (χ2v) is 0. The highest BCUT2D eigenvalue weighted by atomic mass is 27.0. The van der Waals surface area contributed by atoms with Crippen LogP contribution < -0.4 is 0 Å². The molecule has 0 aromatic carbocycles. The third-order valence-corrected chi connectivity index (χ3v) is 0. The van der Waals surface area contributed by atoms with E-state index in [1.807, 2.05) is 0 Å². The molecule has 4 heavy (non-hydrogen) atoms. The van der Waals surface area contributed by atoms with E-state index < -0.39 is 0 Å². The molecular weight excluding hydrogens is 89.3 g/mol. The van der Waals surface area contributed by atoms with E-state index in [2.05, 4.69) is 0 Å². The molecule has 0 spiro atoms. The van der Waals surface area contributed by atoms with E-state index in [0.29, 0.717) is 0 Å². The molecule has 0 nitrogen and oxygen atoms in total. The Kier molecular flexibility index (Phi) is 513. The Labute approximate surface area is 50.0 Å². The van der Waals surface area contributed by atoms with Gasteiger partial charge in [-0.2, -0.15) is 0 Å². The Morgan fingerprint density at radius 3 is 0.750 bits per heavy atom. The lowest BCUT2D eigenvalue weighted by Crippen LogP contribution is -0.382. The minimum atomic E-state index is 0. The number of hydrogen-bond acceptors (Lipinski definition) is 0. The first-order valence-electron chi connectivity index (χ1n) is 0. The van der Waals surface area contributed by atoms with Gasteiger partial charge in [0.2, 0.25) is 0 Å². The zero-order valence-corrected chi connectivity index (χ0v) is 0.816. The van der Waals surface area contributed by atoms with Crippen LogP contribution in [0, 0.1) is 0 Å².